The first kappa shape index (κ1) is 14.4. The molecule has 1 N–H and O–H groups in total. The standard InChI is InChI=1S/C14H16F3N3/c1-3-20-9-18-7-12(20)8-19-11-5-4-10(2)13(6-11)14(15,16)17/h4-7,9,19H,3,8H2,1-2H3. The molecule has 0 aliphatic rings. The summed E-state index contributed by atoms with van der Waals surface area (Å²) in [7, 11) is 0. The molecule has 0 aliphatic heterocycles. The topological polar surface area (TPSA) is 29.9 Å². The van der Waals surface area contributed by atoms with Gasteiger partial charge in [-0.2, -0.15) is 13.2 Å². The van der Waals surface area contributed by atoms with E-state index in [0.717, 1.165) is 18.3 Å². The zero-order valence-electron chi connectivity index (χ0n) is 11.3. The molecule has 3 nitrogen and oxygen atoms in total. The van der Waals surface area contributed by atoms with Gasteiger partial charge in [0, 0.05) is 18.4 Å². The minimum Gasteiger partial charge on any atom is -0.379 e. The molecule has 0 spiro atoms. The first-order valence-electron chi connectivity index (χ1n) is 6.32. The molecule has 0 amide bonds. The molecule has 2 aromatic rings. The van der Waals surface area contributed by atoms with Crippen LogP contribution in [-0.2, 0) is 19.3 Å². The highest BCUT2D eigenvalue weighted by Gasteiger charge is 2.32. The number of alkyl halides is 3. The molecule has 2 rings (SSSR count). The zero-order chi connectivity index (χ0) is 14.8. The third-order valence-corrected chi connectivity index (χ3v) is 3.16. The average Bonchev–Trinajstić information content (AvgIpc) is 2.84. The van der Waals surface area contributed by atoms with Crippen LogP contribution in [0.5, 0.6) is 0 Å². The first-order chi connectivity index (χ1) is 9.41. The Hall–Kier alpha value is -1.98. The maximum absolute atomic E-state index is 12.8. The number of hydrogen-bond acceptors (Lipinski definition) is 2. The zero-order valence-corrected chi connectivity index (χ0v) is 11.3. The fourth-order valence-corrected chi connectivity index (χ4v) is 2.01. The molecule has 1 aromatic heterocycles. The van der Waals surface area contributed by atoms with Crippen LogP contribution in [0.3, 0.4) is 0 Å². The molecule has 20 heavy (non-hydrogen) atoms. The normalized spacial score (nSPS) is 11.7. The van der Waals surface area contributed by atoms with Crippen molar-refractivity contribution in [3.63, 3.8) is 0 Å². The maximum Gasteiger partial charge on any atom is 0.416 e. The van der Waals surface area contributed by atoms with Crippen LogP contribution in [0.4, 0.5) is 18.9 Å². The van der Waals surface area contributed by atoms with E-state index in [4.69, 9.17) is 0 Å². The van der Waals surface area contributed by atoms with Gasteiger partial charge < -0.3 is 9.88 Å². The lowest BCUT2D eigenvalue weighted by Gasteiger charge is -2.13. The second-order valence-corrected chi connectivity index (χ2v) is 4.55. The van der Waals surface area contributed by atoms with Crippen molar-refractivity contribution in [3.05, 3.63) is 47.5 Å². The molecule has 0 atom stereocenters. The van der Waals surface area contributed by atoms with Gasteiger partial charge in [-0.1, -0.05) is 6.07 Å². The van der Waals surface area contributed by atoms with E-state index < -0.39 is 11.7 Å². The molecule has 0 fully saturated rings. The summed E-state index contributed by atoms with van der Waals surface area (Å²) >= 11 is 0. The van der Waals surface area contributed by atoms with Crippen LogP contribution in [0.25, 0.3) is 0 Å². The van der Waals surface area contributed by atoms with Gasteiger partial charge in [-0.3, -0.25) is 0 Å². The summed E-state index contributed by atoms with van der Waals surface area (Å²) in [4.78, 5) is 4.02. The Morgan fingerprint density at radius 2 is 2.05 bits per heavy atom. The molecule has 0 saturated carbocycles. The van der Waals surface area contributed by atoms with E-state index in [1.807, 2.05) is 11.5 Å². The Morgan fingerprint density at radius 1 is 1.30 bits per heavy atom. The minimum absolute atomic E-state index is 0.224. The van der Waals surface area contributed by atoms with Crippen molar-refractivity contribution >= 4 is 5.69 Å². The summed E-state index contributed by atoms with van der Waals surface area (Å²) in [6.45, 7) is 4.66. The third kappa shape index (κ3) is 3.12. The van der Waals surface area contributed by atoms with Crippen LogP contribution >= 0.6 is 0 Å². The number of nitrogens with zero attached hydrogens (tertiary/aromatic N) is 2. The van der Waals surface area contributed by atoms with Gasteiger partial charge in [-0.25, -0.2) is 4.98 Å². The van der Waals surface area contributed by atoms with Crippen molar-refractivity contribution in [2.45, 2.75) is 33.1 Å². The summed E-state index contributed by atoms with van der Waals surface area (Å²) in [6.07, 6.45) is -0.921. The largest absolute Gasteiger partial charge is 0.416 e. The molecule has 0 bridgehead atoms. The SMILES string of the molecule is CCn1cncc1CNc1ccc(C)c(C(F)(F)F)c1. The van der Waals surface area contributed by atoms with E-state index in [1.54, 1.807) is 18.6 Å². The second-order valence-electron chi connectivity index (χ2n) is 4.55. The molecule has 0 saturated heterocycles. The van der Waals surface area contributed by atoms with Gasteiger partial charge in [-0.05, 0) is 31.5 Å². The number of anilines is 1. The smallest absolute Gasteiger partial charge is 0.379 e. The van der Waals surface area contributed by atoms with Crippen LogP contribution in [0, 0.1) is 6.92 Å². The lowest BCUT2D eigenvalue weighted by atomic mass is 10.1. The van der Waals surface area contributed by atoms with Crippen molar-refractivity contribution in [1.29, 1.82) is 0 Å². The van der Waals surface area contributed by atoms with Crippen LogP contribution in [-0.4, -0.2) is 9.55 Å². The lowest BCUT2D eigenvalue weighted by molar-refractivity contribution is -0.138. The first-order valence-corrected chi connectivity index (χ1v) is 6.32. The van der Waals surface area contributed by atoms with E-state index in [2.05, 4.69) is 10.3 Å². The van der Waals surface area contributed by atoms with E-state index in [-0.39, 0.29) is 5.56 Å². The third-order valence-electron chi connectivity index (χ3n) is 3.16. The highest BCUT2D eigenvalue weighted by Crippen LogP contribution is 2.33. The minimum atomic E-state index is -4.33. The fourth-order valence-electron chi connectivity index (χ4n) is 2.01. The molecule has 0 aliphatic carbocycles. The lowest BCUT2D eigenvalue weighted by Crippen LogP contribution is -2.10. The van der Waals surface area contributed by atoms with Crippen LogP contribution < -0.4 is 5.32 Å². The number of rotatable bonds is 4. The number of halogens is 3. The highest BCUT2D eigenvalue weighted by molar-refractivity contribution is 5.49. The Balaban J connectivity index is 2.15. The van der Waals surface area contributed by atoms with Gasteiger partial charge in [0.25, 0.3) is 0 Å². The van der Waals surface area contributed by atoms with Gasteiger partial charge >= 0.3 is 6.18 Å². The molecule has 1 aromatic carbocycles. The van der Waals surface area contributed by atoms with Gasteiger partial charge in [-0.15, -0.1) is 0 Å². The van der Waals surface area contributed by atoms with E-state index in [0.29, 0.717) is 12.2 Å². The Bertz CT molecular complexity index is 588. The van der Waals surface area contributed by atoms with E-state index in [1.165, 1.54) is 13.0 Å². The predicted molar refractivity (Wildman–Crippen MR) is 71.4 cm³/mol. The summed E-state index contributed by atoms with van der Waals surface area (Å²) in [5.41, 5.74) is 1.00. The maximum atomic E-state index is 12.8. The van der Waals surface area contributed by atoms with Gasteiger partial charge in [0.15, 0.2) is 0 Å². The number of nitrogens with one attached hydrogen (secondary N) is 1. The predicted octanol–water partition coefficient (Wildman–Crippen LogP) is 3.84. The van der Waals surface area contributed by atoms with Gasteiger partial charge in [0.05, 0.1) is 24.1 Å². The van der Waals surface area contributed by atoms with Gasteiger partial charge in [0.1, 0.15) is 0 Å². The van der Waals surface area contributed by atoms with E-state index in [9.17, 15) is 13.2 Å². The molecular weight excluding hydrogens is 267 g/mol. The van der Waals surface area contributed by atoms with Gasteiger partial charge in [0.2, 0.25) is 0 Å². The molecular formula is C14H16F3N3. The summed E-state index contributed by atoms with van der Waals surface area (Å²) in [6, 6.07) is 4.27. The number of benzene rings is 1. The Morgan fingerprint density at radius 3 is 2.70 bits per heavy atom. The fraction of sp³-hybridized carbons (Fsp3) is 0.357. The van der Waals surface area contributed by atoms with Crippen molar-refractivity contribution in [3.8, 4) is 0 Å². The Labute approximate surface area is 115 Å². The summed E-state index contributed by atoms with van der Waals surface area (Å²) in [5, 5.41) is 3.00. The molecule has 0 unspecified atom stereocenters. The monoisotopic (exact) mass is 283 g/mol. The van der Waals surface area contributed by atoms with Crippen molar-refractivity contribution in [1.82, 2.24) is 9.55 Å². The highest BCUT2D eigenvalue weighted by atomic mass is 19.4. The summed E-state index contributed by atoms with van der Waals surface area (Å²) < 4.78 is 40.4. The second kappa shape index (κ2) is 5.56. The number of aryl methyl sites for hydroxylation is 2. The molecule has 108 valence electrons. The van der Waals surface area contributed by atoms with Crippen LogP contribution in [0.15, 0.2) is 30.7 Å². The average molecular weight is 283 g/mol. The number of hydrogen-bond donors (Lipinski definition) is 1. The van der Waals surface area contributed by atoms with Crippen LogP contribution in [0.2, 0.25) is 0 Å². The Kier molecular flexibility index (Phi) is 4.01. The van der Waals surface area contributed by atoms with Crippen molar-refractivity contribution in [2.24, 2.45) is 0 Å². The number of aromatic nitrogens is 2. The van der Waals surface area contributed by atoms with Crippen molar-refractivity contribution < 1.29 is 13.2 Å². The quantitative estimate of drug-likeness (QED) is 0.923. The molecule has 1 heterocycles. The molecule has 6 heteroatoms. The molecule has 0 radical (unpaired) electrons. The van der Waals surface area contributed by atoms with E-state index >= 15 is 0 Å². The number of imidazole rings is 1. The van der Waals surface area contributed by atoms with Crippen LogP contribution in [0.1, 0.15) is 23.7 Å². The summed E-state index contributed by atoms with van der Waals surface area (Å²) in [5.74, 6) is 0. The van der Waals surface area contributed by atoms with Crippen molar-refractivity contribution in [2.75, 3.05) is 5.32 Å².